The number of nitrogens with zero attached hydrogens (tertiary/aromatic N) is 1. The summed E-state index contributed by atoms with van der Waals surface area (Å²) in [6.45, 7) is 6.53. The second-order valence-electron chi connectivity index (χ2n) is 5.25. The highest BCUT2D eigenvalue weighted by Crippen LogP contribution is 2.20. The first-order valence-corrected chi connectivity index (χ1v) is 7.24. The van der Waals surface area contributed by atoms with Gasteiger partial charge in [0, 0.05) is 17.8 Å². The molecule has 0 saturated heterocycles. The van der Waals surface area contributed by atoms with Crippen LogP contribution in [0.1, 0.15) is 44.0 Å². The normalized spacial score (nSPS) is 12.4. The highest BCUT2D eigenvalue weighted by atomic mass is 16.5. The molecule has 0 radical (unpaired) electrons. The van der Waals surface area contributed by atoms with Crippen molar-refractivity contribution in [1.82, 2.24) is 4.57 Å². The van der Waals surface area contributed by atoms with Crippen LogP contribution in [0.2, 0.25) is 0 Å². The highest BCUT2D eigenvalue weighted by Gasteiger charge is 2.15. The lowest BCUT2D eigenvalue weighted by Crippen LogP contribution is -2.29. The van der Waals surface area contributed by atoms with E-state index >= 15 is 0 Å². The van der Waals surface area contributed by atoms with E-state index in [0.29, 0.717) is 12.2 Å². The van der Waals surface area contributed by atoms with Gasteiger partial charge < -0.3 is 15.0 Å². The zero-order valence-corrected chi connectivity index (χ0v) is 12.7. The van der Waals surface area contributed by atoms with Crippen LogP contribution in [0.15, 0.2) is 47.4 Å². The zero-order chi connectivity index (χ0) is 15.4. The maximum absolute atomic E-state index is 12.5. The van der Waals surface area contributed by atoms with Crippen LogP contribution >= 0.6 is 0 Å². The molecule has 2 rings (SSSR count). The standard InChI is InChI=1S/C17H22N2O2/c1-4-21-14-9-7-13(8-10-14)16(18)15-6-5-11-19(12(2)3)17(15)20/h5-12,16H,4,18H2,1-3H3. The molecule has 2 N–H and O–H groups in total. The van der Waals surface area contributed by atoms with E-state index in [4.69, 9.17) is 10.5 Å². The van der Waals surface area contributed by atoms with Gasteiger partial charge in [-0.2, -0.15) is 0 Å². The first-order valence-electron chi connectivity index (χ1n) is 7.24. The van der Waals surface area contributed by atoms with Crippen molar-refractivity contribution < 1.29 is 4.74 Å². The van der Waals surface area contributed by atoms with Crippen LogP contribution in [0.5, 0.6) is 5.75 Å². The molecule has 2 aromatic rings. The van der Waals surface area contributed by atoms with Crippen molar-refractivity contribution in [3.63, 3.8) is 0 Å². The van der Waals surface area contributed by atoms with Crippen molar-refractivity contribution in [2.45, 2.75) is 32.9 Å². The van der Waals surface area contributed by atoms with Crippen molar-refractivity contribution in [3.05, 3.63) is 64.1 Å². The third-order valence-electron chi connectivity index (χ3n) is 3.45. The first kappa shape index (κ1) is 15.3. The number of rotatable bonds is 5. The second kappa shape index (κ2) is 6.59. The van der Waals surface area contributed by atoms with Gasteiger partial charge in [0.25, 0.3) is 5.56 Å². The lowest BCUT2D eigenvalue weighted by atomic mass is 10.0. The summed E-state index contributed by atoms with van der Waals surface area (Å²) in [4.78, 5) is 12.5. The Morgan fingerprint density at radius 2 is 1.86 bits per heavy atom. The number of nitrogens with two attached hydrogens (primary N) is 1. The quantitative estimate of drug-likeness (QED) is 0.919. The third kappa shape index (κ3) is 3.34. The number of aromatic nitrogens is 1. The van der Waals surface area contributed by atoms with Crippen LogP contribution in [0.3, 0.4) is 0 Å². The molecule has 1 aromatic carbocycles. The molecule has 1 heterocycles. The average Bonchev–Trinajstić information content (AvgIpc) is 2.47. The number of benzene rings is 1. The number of pyridine rings is 1. The molecule has 0 spiro atoms. The van der Waals surface area contributed by atoms with E-state index in [1.807, 2.05) is 51.1 Å². The molecule has 0 fully saturated rings. The topological polar surface area (TPSA) is 57.2 Å². The predicted octanol–water partition coefficient (Wildman–Crippen LogP) is 2.88. The molecule has 112 valence electrons. The van der Waals surface area contributed by atoms with Gasteiger partial charge in [-0.05, 0) is 44.5 Å². The van der Waals surface area contributed by atoms with E-state index in [2.05, 4.69) is 0 Å². The molecule has 0 aliphatic carbocycles. The molecule has 0 aliphatic rings. The van der Waals surface area contributed by atoms with Crippen molar-refractivity contribution in [1.29, 1.82) is 0 Å². The Balaban J connectivity index is 2.33. The monoisotopic (exact) mass is 286 g/mol. The minimum Gasteiger partial charge on any atom is -0.494 e. The second-order valence-corrected chi connectivity index (χ2v) is 5.25. The summed E-state index contributed by atoms with van der Waals surface area (Å²) in [6.07, 6.45) is 1.79. The smallest absolute Gasteiger partial charge is 0.255 e. The summed E-state index contributed by atoms with van der Waals surface area (Å²) < 4.78 is 7.11. The molecule has 4 nitrogen and oxygen atoms in total. The molecule has 1 aromatic heterocycles. The minimum absolute atomic E-state index is 0.0334. The first-order chi connectivity index (χ1) is 10.0. The van der Waals surface area contributed by atoms with Crippen molar-refractivity contribution in [2.24, 2.45) is 5.73 Å². The summed E-state index contributed by atoms with van der Waals surface area (Å²) in [6, 6.07) is 10.9. The van der Waals surface area contributed by atoms with Gasteiger partial charge in [0.15, 0.2) is 0 Å². The van der Waals surface area contributed by atoms with Crippen molar-refractivity contribution in [2.75, 3.05) is 6.61 Å². The van der Waals surface area contributed by atoms with E-state index in [1.165, 1.54) is 0 Å². The summed E-state index contributed by atoms with van der Waals surface area (Å²) in [5.74, 6) is 0.807. The molecule has 0 amide bonds. The molecular weight excluding hydrogens is 264 g/mol. The molecule has 0 bridgehead atoms. The molecular formula is C17H22N2O2. The maximum atomic E-state index is 12.5. The predicted molar refractivity (Wildman–Crippen MR) is 84.7 cm³/mol. The summed E-state index contributed by atoms with van der Waals surface area (Å²) in [5.41, 5.74) is 7.73. The van der Waals surface area contributed by atoms with E-state index in [9.17, 15) is 4.79 Å². The minimum atomic E-state index is -0.431. The molecule has 1 atom stereocenters. The molecule has 0 aliphatic heterocycles. The van der Waals surface area contributed by atoms with Crippen LogP contribution in [-0.2, 0) is 0 Å². The van der Waals surface area contributed by atoms with Gasteiger partial charge in [0.1, 0.15) is 5.75 Å². The van der Waals surface area contributed by atoms with Crippen LogP contribution in [-0.4, -0.2) is 11.2 Å². The molecule has 0 saturated carbocycles. The number of hydrogen-bond acceptors (Lipinski definition) is 3. The average molecular weight is 286 g/mol. The van der Waals surface area contributed by atoms with Crippen LogP contribution in [0.4, 0.5) is 0 Å². The van der Waals surface area contributed by atoms with Gasteiger partial charge in [-0.15, -0.1) is 0 Å². The van der Waals surface area contributed by atoms with E-state index in [0.717, 1.165) is 11.3 Å². The fraction of sp³-hybridized carbons (Fsp3) is 0.353. The Hall–Kier alpha value is -2.07. The Labute approximate surface area is 125 Å². The lowest BCUT2D eigenvalue weighted by molar-refractivity contribution is 0.340. The van der Waals surface area contributed by atoms with Gasteiger partial charge in [0.05, 0.1) is 12.6 Å². The van der Waals surface area contributed by atoms with Crippen LogP contribution in [0.25, 0.3) is 0 Å². The molecule has 21 heavy (non-hydrogen) atoms. The fourth-order valence-corrected chi connectivity index (χ4v) is 2.29. The lowest BCUT2D eigenvalue weighted by Gasteiger charge is -2.16. The maximum Gasteiger partial charge on any atom is 0.255 e. The van der Waals surface area contributed by atoms with Gasteiger partial charge >= 0.3 is 0 Å². The van der Waals surface area contributed by atoms with Crippen LogP contribution < -0.4 is 16.0 Å². The summed E-state index contributed by atoms with van der Waals surface area (Å²) in [5, 5.41) is 0. The van der Waals surface area contributed by atoms with Crippen molar-refractivity contribution >= 4 is 0 Å². The summed E-state index contributed by atoms with van der Waals surface area (Å²) >= 11 is 0. The SMILES string of the molecule is CCOc1ccc(C(N)c2cccn(C(C)C)c2=O)cc1. The zero-order valence-electron chi connectivity index (χ0n) is 12.7. The number of ether oxygens (including phenoxy) is 1. The van der Waals surface area contributed by atoms with E-state index in [1.54, 1.807) is 16.8 Å². The Kier molecular flexibility index (Phi) is 4.81. The van der Waals surface area contributed by atoms with Crippen LogP contribution in [0, 0.1) is 0 Å². The number of hydrogen-bond donors (Lipinski definition) is 1. The van der Waals surface area contributed by atoms with E-state index in [-0.39, 0.29) is 11.6 Å². The Morgan fingerprint density at radius 3 is 2.43 bits per heavy atom. The van der Waals surface area contributed by atoms with Gasteiger partial charge in [-0.1, -0.05) is 18.2 Å². The Bertz CT molecular complexity index is 645. The fourth-order valence-electron chi connectivity index (χ4n) is 2.29. The highest BCUT2D eigenvalue weighted by molar-refractivity contribution is 5.34. The Morgan fingerprint density at radius 1 is 1.19 bits per heavy atom. The molecule has 4 heteroatoms. The van der Waals surface area contributed by atoms with Gasteiger partial charge in [-0.3, -0.25) is 4.79 Å². The third-order valence-corrected chi connectivity index (χ3v) is 3.45. The van der Waals surface area contributed by atoms with E-state index < -0.39 is 6.04 Å². The van der Waals surface area contributed by atoms with Crippen molar-refractivity contribution in [3.8, 4) is 5.75 Å². The molecule has 1 unspecified atom stereocenters. The largest absolute Gasteiger partial charge is 0.494 e. The summed E-state index contributed by atoms with van der Waals surface area (Å²) in [7, 11) is 0. The van der Waals surface area contributed by atoms with Gasteiger partial charge in [0.2, 0.25) is 0 Å². The van der Waals surface area contributed by atoms with Gasteiger partial charge in [-0.25, -0.2) is 0 Å².